The number of halogens is 2. The second-order valence-corrected chi connectivity index (χ2v) is 7.17. The first kappa shape index (κ1) is 11.1. The molecule has 0 aromatic carbocycles. The molecule has 78 valence electrons. The molecule has 0 amide bonds. The monoisotopic (exact) mass is 337 g/mol. The Morgan fingerprint density at radius 1 is 1.50 bits per heavy atom. The van der Waals surface area contributed by atoms with E-state index in [4.69, 9.17) is 5.73 Å². The van der Waals surface area contributed by atoms with E-state index in [0.717, 1.165) is 20.6 Å². The lowest BCUT2D eigenvalue weighted by atomic mass is 9.81. The summed E-state index contributed by atoms with van der Waals surface area (Å²) in [5.74, 6) is 0.879. The van der Waals surface area contributed by atoms with Crippen molar-refractivity contribution in [2.75, 3.05) is 0 Å². The fraction of sp³-hybridized carbons (Fsp3) is 0.600. The number of hydrogen-bond acceptors (Lipinski definition) is 2. The lowest BCUT2D eigenvalue weighted by Gasteiger charge is -2.27. The van der Waals surface area contributed by atoms with E-state index in [1.165, 1.54) is 24.1 Å². The molecular weight excluding hydrogens is 326 g/mol. The molecule has 1 fully saturated rings. The van der Waals surface area contributed by atoms with E-state index in [9.17, 15) is 0 Å². The summed E-state index contributed by atoms with van der Waals surface area (Å²) in [5, 5.41) is 0. The third kappa shape index (κ3) is 2.40. The van der Waals surface area contributed by atoms with E-state index in [2.05, 4.69) is 37.9 Å². The number of thiophene rings is 1. The van der Waals surface area contributed by atoms with Crippen LogP contribution in [0.1, 0.15) is 36.6 Å². The van der Waals surface area contributed by atoms with Crippen LogP contribution in [0.15, 0.2) is 14.3 Å². The van der Waals surface area contributed by atoms with Crippen LogP contribution in [0, 0.1) is 5.92 Å². The number of hydrogen-bond donors (Lipinski definition) is 1. The average Bonchev–Trinajstić information content (AvgIpc) is 2.40. The minimum atomic E-state index is 0.230. The van der Waals surface area contributed by atoms with Crippen LogP contribution in [-0.2, 0) is 0 Å². The van der Waals surface area contributed by atoms with Gasteiger partial charge in [0.1, 0.15) is 0 Å². The van der Waals surface area contributed by atoms with Gasteiger partial charge in [-0.05, 0) is 50.3 Å². The highest BCUT2D eigenvalue weighted by molar-refractivity contribution is 9.13. The molecule has 1 nitrogen and oxygen atoms in total. The summed E-state index contributed by atoms with van der Waals surface area (Å²) in [5.41, 5.74) is 6.16. The molecule has 1 aromatic rings. The third-order valence-corrected chi connectivity index (χ3v) is 6.23. The van der Waals surface area contributed by atoms with Gasteiger partial charge in [0.2, 0.25) is 0 Å². The van der Waals surface area contributed by atoms with Crippen LogP contribution in [-0.4, -0.2) is 0 Å². The second-order valence-electron chi connectivity index (χ2n) is 3.91. The maximum absolute atomic E-state index is 6.16. The van der Waals surface area contributed by atoms with Gasteiger partial charge in [-0.3, -0.25) is 0 Å². The van der Waals surface area contributed by atoms with Crippen molar-refractivity contribution >= 4 is 43.2 Å². The molecular formula is C10H13Br2NS. The van der Waals surface area contributed by atoms with E-state index in [-0.39, 0.29) is 6.04 Å². The fourth-order valence-corrected chi connectivity index (χ4v) is 3.85. The van der Waals surface area contributed by atoms with Crippen molar-refractivity contribution < 1.29 is 0 Å². The van der Waals surface area contributed by atoms with Crippen LogP contribution in [0.4, 0.5) is 0 Å². The lowest BCUT2D eigenvalue weighted by molar-refractivity contribution is 0.278. The summed E-state index contributed by atoms with van der Waals surface area (Å²) in [6.45, 7) is 0. The van der Waals surface area contributed by atoms with Gasteiger partial charge in [0, 0.05) is 15.4 Å². The topological polar surface area (TPSA) is 26.0 Å². The molecule has 1 aliphatic rings. The van der Waals surface area contributed by atoms with Crippen LogP contribution >= 0.6 is 43.2 Å². The Morgan fingerprint density at radius 2 is 2.21 bits per heavy atom. The maximum atomic E-state index is 6.16. The van der Waals surface area contributed by atoms with Gasteiger partial charge in [0.05, 0.1) is 3.79 Å². The Kier molecular flexibility index (Phi) is 3.68. The van der Waals surface area contributed by atoms with Crippen LogP contribution < -0.4 is 5.73 Å². The van der Waals surface area contributed by atoms with Crippen LogP contribution in [0.2, 0.25) is 0 Å². The SMILES string of the molecule is NC(CC1CCC1)c1cc(Br)c(Br)s1. The Hall–Kier alpha value is 0.620. The standard InChI is InChI=1S/C10H13Br2NS/c11-7-5-9(14-10(7)12)8(13)4-6-2-1-3-6/h5-6,8H,1-4,13H2. The Morgan fingerprint density at radius 3 is 2.64 bits per heavy atom. The highest BCUT2D eigenvalue weighted by Crippen LogP contribution is 2.39. The van der Waals surface area contributed by atoms with Crippen molar-refractivity contribution in [3.63, 3.8) is 0 Å². The second kappa shape index (κ2) is 4.64. The largest absolute Gasteiger partial charge is 0.323 e. The zero-order chi connectivity index (χ0) is 10.1. The Labute approximate surface area is 105 Å². The molecule has 1 aromatic heterocycles. The Bertz CT molecular complexity index is 300. The van der Waals surface area contributed by atoms with Crippen molar-refractivity contribution in [2.24, 2.45) is 11.7 Å². The van der Waals surface area contributed by atoms with E-state index in [1.807, 2.05) is 0 Å². The van der Waals surface area contributed by atoms with Gasteiger partial charge in [0.25, 0.3) is 0 Å². The molecule has 0 bridgehead atoms. The van der Waals surface area contributed by atoms with Crippen molar-refractivity contribution in [3.8, 4) is 0 Å². The van der Waals surface area contributed by atoms with Crippen molar-refractivity contribution in [3.05, 3.63) is 19.2 Å². The molecule has 0 aliphatic heterocycles. The first-order chi connectivity index (χ1) is 6.66. The smallest absolute Gasteiger partial charge is 0.0843 e. The zero-order valence-corrected chi connectivity index (χ0v) is 11.8. The third-order valence-electron chi connectivity index (χ3n) is 2.84. The molecule has 0 spiro atoms. The first-order valence-corrected chi connectivity index (χ1v) is 7.27. The molecule has 2 rings (SSSR count). The van der Waals surface area contributed by atoms with Gasteiger partial charge in [-0.25, -0.2) is 0 Å². The van der Waals surface area contributed by atoms with Crippen molar-refractivity contribution in [1.29, 1.82) is 0 Å². The average molecular weight is 339 g/mol. The van der Waals surface area contributed by atoms with Crippen LogP contribution in [0.25, 0.3) is 0 Å². The number of nitrogens with two attached hydrogens (primary N) is 1. The summed E-state index contributed by atoms with van der Waals surface area (Å²) in [7, 11) is 0. The Balaban J connectivity index is 1.98. The molecule has 14 heavy (non-hydrogen) atoms. The van der Waals surface area contributed by atoms with Crippen LogP contribution in [0.3, 0.4) is 0 Å². The van der Waals surface area contributed by atoms with Crippen LogP contribution in [0.5, 0.6) is 0 Å². The molecule has 0 saturated heterocycles. The molecule has 1 aliphatic carbocycles. The van der Waals surface area contributed by atoms with E-state index in [0.29, 0.717) is 0 Å². The summed E-state index contributed by atoms with van der Waals surface area (Å²) in [6, 6.07) is 2.37. The zero-order valence-electron chi connectivity index (χ0n) is 7.80. The highest BCUT2D eigenvalue weighted by Gasteiger charge is 2.22. The maximum Gasteiger partial charge on any atom is 0.0843 e. The van der Waals surface area contributed by atoms with Gasteiger partial charge in [0.15, 0.2) is 0 Å². The molecule has 0 radical (unpaired) electrons. The van der Waals surface area contributed by atoms with E-state index in [1.54, 1.807) is 11.3 Å². The lowest BCUT2D eigenvalue weighted by Crippen LogP contribution is -2.19. The molecule has 1 atom stereocenters. The predicted octanol–water partition coefficient (Wildman–Crippen LogP) is 4.46. The molecule has 4 heteroatoms. The predicted molar refractivity (Wildman–Crippen MR) is 68.6 cm³/mol. The normalized spacial score (nSPS) is 19.4. The van der Waals surface area contributed by atoms with Gasteiger partial charge >= 0.3 is 0 Å². The first-order valence-electron chi connectivity index (χ1n) is 4.87. The summed E-state index contributed by atoms with van der Waals surface area (Å²) < 4.78 is 2.28. The van der Waals surface area contributed by atoms with Gasteiger partial charge < -0.3 is 5.73 Å². The quantitative estimate of drug-likeness (QED) is 0.864. The molecule has 2 N–H and O–H groups in total. The van der Waals surface area contributed by atoms with Gasteiger partial charge in [-0.2, -0.15) is 0 Å². The van der Waals surface area contributed by atoms with E-state index >= 15 is 0 Å². The minimum Gasteiger partial charge on any atom is -0.323 e. The van der Waals surface area contributed by atoms with Gasteiger partial charge in [-0.1, -0.05) is 19.3 Å². The summed E-state index contributed by atoms with van der Waals surface area (Å²) >= 11 is 8.73. The van der Waals surface area contributed by atoms with Crippen molar-refractivity contribution in [1.82, 2.24) is 0 Å². The fourth-order valence-electron chi connectivity index (χ4n) is 1.75. The number of rotatable bonds is 3. The summed E-state index contributed by atoms with van der Waals surface area (Å²) in [4.78, 5) is 1.29. The summed E-state index contributed by atoms with van der Waals surface area (Å²) in [6.07, 6.45) is 5.30. The van der Waals surface area contributed by atoms with Gasteiger partial charge in [-0.15, -0.1) is 11.3 Å². The molecule has 1 unspecified atom stereocenters. The van der Waals surface area contributed by atoms with Crippen molar-refractivity contribution in [2.45, 2.75) is 31.7 Å². The molecule has 1 heterocycles. The minimum absolute atomic E-state index is 0.230. The molecule has 1 saturated carbocycles. The van der Waals surface area contributed by atoms with E-state index < -0.39 is 0 Å². The highest BCUT2D eigenvalue weighted by atomic mass is 79.9.